The van der Waals surface area contributed by atoms with Gasteiger partial charge in [0.15, 0.2) is 16.9 Å². The van der Waals surface area contributed by atoms with Gasteiger partial charge in [-0.3, -0.25) is 13.9 Å². The molecular formula is C15H12O5P2. The van der Waals surface area contributed by atoms with Gasteiger partial charge in [0.25, 0.3) is 0 Å². The Morgan fingerprint density at radius 1 is 1.09 bits per heavy atom. The van der Waals surface area contributed by atoms with E-state index in [2.05, 4.69) is 0 Å². The summed E-state index contributed by atoms with van der Waals surface area (Å²) in [5.74, 6) is 0.192. The molecule has 0 N–H and O–H groups in total. The van der Waals surface area contributed by atoms with Gasteiger partial charge in [-0.1, -0.05) is 24.3 Å². The van der Waals surface area contributed by atoms with Gasteiger partial charge in [-0.05, 0) is 23.8 Å². The minimum Gasteiger partial charge on any atom is -0.496 e. The number of methoxy groups -OCH3 is 1. The van der Waals surface area contributed by atoms with Crippen LogP contribution in [-0.4, -0.2) is 19.2 Å². The summed E-state index contributed by atoms with van der Waals surface area (Å²) in [6, 6.07) is 12.4. The molecule has 0 aliphatic carbocycles. The molecule has 0 bridgehead atoms. The molecule has 22 heavy (non-hydrogen) atoms. The Hall–Kier alpha value is -2.09. The van der Waals surface area contributed by atoms with Gasteiger partial charge in [0.1, 0.15) is 17.7 Å². The zero-order valence-corrected chi connectivity index (χ0v) is 13.5. The first-order valence-electron chi connectivity index (χ1n) is 6.30. The van der Waals surface area contributed by atoms with Crippen molar-refractivity contribution >= 4 is 28.2 Å². The molecule has 0 spiro atoms. The maximum absolute atomic E-state index is 11.5. The highest BCUT2D eigenvalue weighted by Gasteiger charge is 2.13. The zero-order valence-electron chi connectivity index (χ0n) is 11.7. The normalized spacial score (nSPS) is 10.6. The van der Waals surface area contributed by atoms with Gasteiger partial charge in [-0.25, -0.2) is 0 Å². The Morgan fingerprint density at radius 2 is 1.86 bits per heavy atom. The first kappa shape index (κ1) is 16.3. The summed E-state index contributed by atoms with van der Waals surface area (Å²) in [5, 5.41) is 0.342. The lowest BCUT2D eigenvalue weighted by molar-refractivity contribution is -0.131. The van der Waals surface area contributed by atoms with Gasteiger partial charge < -0.3 is 9.47 Å². The minimum atomic E-state index is -0.654. The molecule has 2 aromatic rings. The Kier molecular flexibility index (Phi) is 5.76. The van der Waals surface area contributed by atoms with Crippen LogP contribution in [0.5, 0.6) is 11.5 Å². The number of benzene rings is 2. The van der Waals surface area contributed by atoms with Crippen LogP contribution in [0.3, 0.4) is 0 Å². The first-order valence-corrected chi connectivity index (χ1v) is 8.11. The molecule has 2 rings (SSSR count). The van der Waals surface area contributed by atoms with Crippen LogP contribution in [0.2, 0.25) is 0 Å². The van der Waals surface area contributed by atoms with Gasteiger partial charge >= 0.3 is 5.97 Å². The summed E-state index contributed by atoms with van der Waals surface area (Å²) in [6.07, 6.45) is -0.256. The molecule has 0 fully saturated rings. The molecule has 0 unspecified atom stereocenters. The number of para-hydroxylation sites is 1. The molecule has 0 saturated heterocycles. The van der Waals surface area contributed by atoms with E-state index in [1.807, 2.05) is 24.3 Å². The quantitative estimate of drug-likeness (QED) is 0.459. The van der Waals surface area contributed by atoms with Gasteiger partial charge in [-0.2, -0.15) is 0 Å². The predicted octanol–water partition coefficient (Wildman–Crippen LogP) is 3.48. The summed E-state index contributed by atoms with van der Waals surface area (Å²) < 4.78 is 32.0. The highest BCUT2D eigenvalue weighted by molar-refractivity contribution is 7.34. The minimum absolute atomic E-state index is 0.175. The van der Waals surface area contributed by atoms with Gasteiger partial charge in [0.05, 0.1) is 12.4 Å². The fourth-order valence-corrected chi connectivity index (χ4v) is 2.44. The van der Waals surface area contributed by atoms with Crippen LogP contribution in [0.15, 0.2) is 42.5 Å². The van der Waals surface area contributed by atoms with E-state index in [4.69, 9.17) is 9.47 Å². The SMILES string of the molecule is COc1ccccc1-c1ccc(P=O)c(OC(=O)CP=O)c1. The monoisotopic (exact) mass is 334 g/mol. The Morgan fingerprint density at radius 3 is 2.55 bits per heavy atom. The molecule has 0 heterocycles. The van der Waals surface area contributed by atoms with Crippen molar-refractivity contribution in [2.45, 2.75) is 0 Å². The number of carbonyl (C=O) groups is 1. The third-order valence-electron chi connectivity index (χ3n) is 2.89. The maximum Gasteiger partial charge on any atom is 0.322 e. The second-order valence-electron chi connectivity index (χ2n) is 4.24. The fourth-order valence-electron chi connectivity index (χ4n) is 1.93. The average Bonchev–Trinajstić information content (AvgIpc) is 2.55. The van der Waals surface area contributed by atoms with Crippen molar-refractivity contribution in [2.75, 3.05) is 13.3 Å². The van der Waals surface area contributed by atoms with Crippen molar-refractivity contribution in [1.29, 1.82) is 0 Å². The highest BCUT2D eigenvalue weighted by Crippen LogP contribution is 2.31. The maximum atomic E-state index is 11.5. The summed E-state index contributed by atoms with van der Waals surface area (Å²) in [7, 11) is 0.981. The Labute approximate surface area is 130 Å². The van der Waals surface area contributed by atoms with Crippen LogP contribution in [0, 0.1) is 0 Å². The second kappa shape index (κ2) is 7.79. The third-order valence-corrected chi connectivity index (χ3v) is 3.85. The summed E-state index contributed by atoms with van der Waals surface area (Å²) >= 11 is 0. The molecule has 0 amide bonds. The lowest BCUT2D eigenvalue weighted by Crippen LogP contribution is -2.13. The summed E-state index contributed by atoms with van der Waals surface area (Å²) in [4.78, 5) is 11.5. The zero-order chi connectivity index (χ0) is 15.9. The van der Waals surface area contributed by atoms with Crippen molar-refractivity contribution in [3.05, 3.63) is 42.5 Å². The van der Waals surface area contributed by atoms with Gasteiger partial charge in [0, 0.05) is 5.56 Å². The van der Waals surface area contributed by atoms with E-state index >= 15 is 0 Å². The number of carbonyl (C=O) groups excluding carboxylic acids is 1. The van der Waals surface area contributed by atoms with E-state index in [-0.39, 0.29) is 28.8 Å². The van der Waals surface area contributed by atoms with Crippen molar-refractivity contribution in [2.24, 2.45) is 0 Å². The van der Waals surface area contributed by atoms with E-state index in [1.165, 1.54) is 0 Å². The van der Waals surface area contributed by atoms with Crippen molar-refractivity contribution in [3.8, 4) is 22.6 Å². The third kappa shape index (κ3) is 3.76. The molecule has 5 nitrogen and oxygen atoms in total. The molecule has 0 aliphatic heterocycles. The molecule has 2 aromatic carbocycles. The molecule has 0 aromatic heterocycles. The molecule has 7 heteroatoms. The van der Waals surface area contributed by atoms with Crippen molar-refractivity contribution in [1.82, 2.24) is 0 Å². The predicted molar refractivity (Wildman–Crippen MR) is 83.8 cm³/mol. The van der Waals surface area contributed by atoms with Gasteiger partial charge in [0.2, 0.25) is 0 Å². The number of ether oxygens (including phenoxy) is 2. The highest BCUT2D eigenvalue weighted by atomic mass is 31.1. The van der Waals surface area contributed by atoms with E-state index in [0.717, 1.165) is 11.1 Å². The molecule has 112 valence electrons. The number of rotatable bonds is 6. The van der Waals surface area contributed by atoms with Crippen LogP contribution in [0.4, 0.5) is 0 Å². The molecule has 0 aliphatic rings. The average molecular weight is 334 g/mol. The number of hydrogen-bond donors (Lipinski definition) is 0. The topological polar surface area (TPSA) is 69.7 Å². The van der Waals surface area contributed by atoms with Crippen LogP contribution in [0.25, 0.3) is 11.1 Å². The van der Waals surface area contributed by atoms with Crippen LogP contribution < -0.4 is 14.8 Å². The van der Waals surface area contributed by atoms with Crippen LogP contribution in [0.1, 0.15) is 0 Å². The van der Waals surface area contributed by atoms with E-state index in [9.17, 15) is 13.9 Å². The first-order chi connectivity index (χ1) is 10.7. The van der Waals surface area contributed by atoms with Crippen molar-refractivity contribution < 1.29 is 23.4 Å². The standard InChI is InChI=1S/C15H12O5P2/c1-19-12-5-3-2-4-11(12)10-6-7-14(22-18)13(8-10)20-15(16)9-21-17/h2-8H,9H2,1H3. The van der Waals surface area contributed by atoms with E-state index in [0.29, 0.717) is 11.1 Å². The van der Waals surface area contributed by atoms with E-state index < -0.39 is 5.97 Å². The van der Waals surface area contributed by atoms with E-state index in [1.54, 1.807) is 25.3 Å². The summed E-state index contributed by atoms with van der Waals surface area (Å²) in [6.45, 7) is 0. The van der Waals surface area contributed by atoms with Crippen molar-refractivity contribution in [3.63, 3.8) is 0 Å². The lowest BCUT2D eigenvalue weighted by atomic mass is 10.0. The van der Waals surface area contributed by atoms with Gasteiger partial charge in [-0.15, -0.1) is 0 Å². The smallest absolute Gasteiger partial charge is 0.322 e. The molecule has 0 atom stereocenters. The Bertz CT molecular complexity index is 715. The second-order valence-corrected chi connectivity index (χ2v) is 5.47. The largest absolute Gasteiger partial charge is 0.496 e. The molecule has 0 radical (unpaired) electrons. The lowest BCUT2D eigenvalue weighted by Gasteiger charge is -2.11. The fraction of sp³-hybridized carbons (Fsp3) is 0.133. The molecular weight excluding hydrogens is 322 g/mol. The Balaban J connectivity index is 2.44. The molecule has 0 saturated carbocycles. The number of esters is 1. The number of hydrogen-bond acceptors (Lipinski definition) is 5. The van der Waals surface area contributed by atoms with Crippen LogP contribution in [-0.2, 0) is 13.9 Å². The summed E-state index contributed by atoms with van der Waals surface area (Å²) in [5.41, 5.74) is 1.57. The van der Waals surface area contributed by atoms with Crippen LogP contribution >= 0.6 is 16.9 Å².